The number of unbranched alkanes of at least 4 members (excludes halogenated alkanes) is 31. The van der Waals surface area contributed by atoms with Crippen molar-refractivity contribution in [2.24, 2.45) is 0 Å². The van der Waals surface area contributed by atoms with E-state index in [1.807, 2.05) is 0 Å². The number of aliphatic hydroxyl groups excluding tert-OH is 2. The van der Waals surface area contributed by atoms with E-state index in [-0.39, 0.29) is 12.8 Å². The number of ether oxygens (including phenoxy) is 2. The van der Waals surface area contributed by atoms with E-state index in [4.69, 9.17) is 18.5 Å². The van der Waals surface area contributed by atoms with Crippen molar-refractivity contribution < 1.29 is 47.8 Å². The first-order valence-electron chi connectivity index (χ1n) is 28.1. The first-order valence-corrected chi connectivity index (χ1v) is 29.6. The number of allylic oxidation sites excluding steroid dienone is 8. The van der Waals surface area contributed by atoms with Crippen LogP contribution >= 0.6 is 7.82 Å². The molecule has 0 saturated heterocycles. The first kappa shape index (κ1) is 65.9. The number of hydrogen-bond acceptors (Lipinski definition) is 9. The average molecular weight is 981 g/mol. The monoisotopic (exact) mass is 981 g/mol. The van der Waals surface area contributed by atoms with Crippen LogP contribution in [0.3, 0.4) is 0 Å². The molecule has 0 aliphatic carbocycles. The van der Waals surface area contributed by atoms with Crippen molar-refractivity contribution >= 4 is 19.8 Å². The topological polar surface area (TPSA) is 149 Å². The zero-order valence-electron chi connectivity index (χ0n) is 43.8. The summed E-state index contributed by atoms with van der Waals surface area (Å²) < 4.78 is 32.8. The Hall–Kier alpha value is -2.07. The van der Waals surface area contributed by atoms with Crippen molar-refractivity contribution in [3.63, 3.8) is 0 Å². The molecular formula is C57H105O10P. The van der Waals surface area contributed by atoms with E-state index in [1.54, 1.807) is 0 Å². The SMILES string of the molecule is CC/C=C\C/C=C\C/C=C\C/C=C\CCCCCCCCCCCCC(=O)OC(CO)COP(=O)(O)OCC(CO)OC(=O)CCCCCCCCCCCCCCCCCCCCCCCC. The molecule has 0 radical (unpaired) electrons. The summed E-state index contributed by atoms with van der Waals surface area (Å²) in [7, 11) is -4.65. The van der Waals surface area contributed by atoms with Gasteiger partial charge in [0.05, 0.1) is 26.4 Å². The van der Waals surface area contributed by atoms with E-state index < -0.39 is 58.4 Å². The highest BCUT2D eigenvalue weighted by atomic mass is 31.2. The van der Waals surface area contributed by atoms with Crippen molar-refractivity contribution in [2.75, 3.05) is 26.4 Å². The van der Waals surface area contributed by atoms with E-state index in [1.165, 1.54) is 154 Å². The van der Waals surface area contributed by atoms with Crippen LogP contribution in [-0.4, -0.2) is 65.7 Å². The molecule has 0 aromatic carbocycles. The Morgan fingerprint density at radius 1 is 0.412 bits per heavy atom. The summed E-state index contributed by atoms with van der Waals surface area (Å²) in [5, 5.41) is 19.3. The van der Waals surface area contributed by atoms with E-state index in [2.05, 4.69) is 62.5 Å². The predicted molar refractivity (Wildman–Crippen MR) is 284 cm³/mol. The molecule has 68 heavy (non-hydrogen) atoms. The molecule has 0 saturated carbocycles. The predicted octanol–water partition coefficient (Wildman–Crippen LogP) is 16.4. The third-order valence-corrected chi connectivity index (χ3v) is 13.3. The van der Waals surface area contributed by atoms with Gasteiger partial charge in [0.25, 0.3) is 0 Å². The van der Waals surface area contributed by atoms with Crippen molar-refractivity contribution in [3.8, 4) is 0 Å². The van der Waals surface area contributed by atoms with Crippen LogP contribution < -0.4 is 0 Å². The van der Waals surface area contributed by atoms with Gasteiger partial charge in [-0.1, -0.05) is 249 Å². The molecule has 0 spiro atoms. The van der Waals surface area contributed by atoms with E-state index >= 15 is 0 Å². The highest BCUT2D eigenvalue weighted by Gasteiger charge is 2.27. The van der Waals surface area contributed by atoms with Gasteiger partial charge in [-0.3, -0.25) is 18.6 Å². The molecule has 0 aromatic heterocycles. The van der Waals surface area contributed by atoms with Crippen molar-refractivity contribution in [1.29, 1.82) is 0 Å². The zero-order chi connectivity index (χ0) is 49.7. The molecule has 0 aromatic rings. The number of phosphoric acid groups is 1. The second-order valence-electron chi connectivity index (χ2n) is 18.9. The Morgan fingerprint density at radius 3 is 1.00 bits per heavy atom. The Labute approximate surface area is 417 Å². The van der Waals surface area contributed by atoms with Gasteiger partial charge in [-0.05, 0) is 51.4 Å². The maximum Gasteiger partial charge on any atom is 0.472 e. The van der Waals surface area contributed by atoms with Crippen LogP contribution in [0, 0.1) is 0 Å². The third-order valence-electron chi connectivity index (χ3n) is 12.3. The van der Waals surface area contributed by atoms with Gasteiger partial charge in [0.15, 0.2) is 0 Å². The molecule has 0 aliphatic heterocycles. The molecule has 3 unspecified atom stereocenters. The van der Waals surface area contributed by atoms with E-state index in [0.29, 0.717) is 12.8 Å². The lowest BCUT2D eigenvalue weighted by molar-refractivity contribution is -0.153. The largest absolute Gasteiger partial charge is 0.472 e. The summed E-state index contributed by atoms with van der Waals surface area (Å²) in [6.45, 7) is 2.15. The van der Waals surface area contributed by atoms with Crippen molar-refractivity contribution in [2.45, 2.75) is 276 Å². The van der Waals surface area contributed by atoms with E-state index in [9.17, 15) is 29.3 Å². The minimum absolute atomic E-state index is 0.187. The molecule has 0 amide bonds. The van der Waals surface area contributed by atoms with Crippen LogP contribution in [0.5, 0.6) is 0 Å². The Kier molecular flexibility index (Phi) is 51.1. The molecule has 3 atom stereocenters. The maximum atomic E-state index is 12.4. The summed E-state index contributed by atoms with van der Waals surface area (Å²) in [6, 6.07) is 0. The standard InChI is InChI=1S/C57H105O10P/c1-3-5-7-9-11-13-15-17-19-21-23-25-27-29-31-33-35-37-39-41-43-45-47-49-57(61)67-55(51-59)53-65-68(62,63)64-52-54(50-58)66-56(60)48-46-44-42-40-38-36-34-32-30-28-26-24-22-20-18-16-14-12-10-8-6-4-2/h5,7,11,13,17,19,23,25,54-55,58-59H,3-4,6,8-10,12,14-16,18,20-22,24,26-53H2,1-2H3,(H,62,63)/b7-5-,13-11-,19-17-,25-23-. The fourth-order valence-corrected chi connectivity index (χ4v) is 8.83. The van der Waals surface area contributed by atoms with Crippen LogP contribution in [0.25, 0.3) is 0 Å². The minimum Gasteiger partial charge on any atom is -0.457 e. The van der Waals surface area contributed by atoms with Crippen LogP contribution in [0.15, 0.2) is 48.6 Å². The first-order chi connectivity index (χ1) is 33.3. The summed E-state index contributed by atoms with van der Waals surface area (Å²) in [5.74, 6) is -1.01. The summed E-state index contributed by atoms with van der Waals surface area (Å²) in [5.41, 5.74) is 0. The average Bonchev–Trinajstić information content (AvgIpc) is 3.33. The molecule has 0 fully saturated rings. The van der Waals surface area contributed by atoms with Crippen molar-refractivity contribution in [3.05, 3.63) is 48.6 Å². The number of esters is 2. The number of carbonyl (C=O) groups excluding carboxylic acids is 2. The van der Waals surface area contributed by atoms with Crippen LogP contribution in [-0.2, 0) is 32.7 Å². The van der Waals surface area contributed by atoms with Crippen LogP contribution in [0.1, 0.15) is 264 Å². The zero-order valence-corrected chi connectivity index (χ0v) is 44.7. The van der Waals surface area contributed by atoms with Crippen molar-refractivity contribution in [1.82, 2.24) is 0 Å². The van der Waals surface area contributed by atoms with Crippen LogP contribution in [0.2, 0.25) is 0 Å². The number of phosphoric ester groups is 1. The van der Waals surface area contributed by atoms with Gasteiger partial charge in [0, 0.05) is 12.8 Å². The smallest absolute Gasteiger partial charge is 0.457 e. The molecule has 3 N–H and O–H groups in total. The van der Waals surface area contributed by atoms with E-state index in [0.717, 1.165) is 70.6 Å². The number of rotatable bonds is 53. The quantitative estimate of drug-likeness (QED) is 0.0233. The lowest BCUT2D eigenvalue weighted by atomic mass is 10.0. The number of aliphatic hydroxyl groups is 2. The summed E-state index contributed by atoms with van der Waals surface area (Å²) in [6.07, 6.45) is 60.9. The summed E-state index contributed by atoms with van der Waals surface area (Å²) in [4.78, 5) is 34.8. The lowest BCUT2D eigenvalue weighted by Gasteiger charge is -2.20. The molecule has 11 heteroatoms. The molecule has 0 aliphatic rings. The Bertz CT molecular complexity index is 1270. The number of carbonyl (C=O) groups is 2. The molecule has 0 heterocycles. The molecule has 10 nitrogen and oxygen atoms in total. The molecule has 0 rings (SSSR count). The lowest BCUT2D eigenvalue weighted by Crippen LogP contribution is -2.28. The number of hydrogen-bond donors (Lipinski definition) is 3. The van der Waals surface area contributed by atoms with Crippen LogP contribution in [0.4, 0.5) is 0 Å². The second kappa shape index (κ2) is 52.7. The Morgan fingerprint density at radius 2 is 0.691 bits per heavy atom. The highest BCUT2D eigenvalue weighted by molar-refractivity contribution is 7.47. The van der Waals surface area contributed by atoms with Gasteiger partial charge in [-0.2, -0.15) is 0 Å². The van der Waals surface area contributed by atoms with Gasteiger partial charge in [0.1, 0.15) is 12.2 Å². The Balaban J connectivity index is 3.78. The molecular weight excluding hydrogens is 876 g/mol. The van der Waals surface area contributed by atoms with Gasteiger partial charge in [0.2, 0.25) is 0 Å². The van der Waals surface area contributed by atoms with Gasteiger partial charge in [-0.25, -0.2) is 4.57 Å². The maximum absolute atomic E-state index is 12.4. The van der Waals surface area contributed by atoms with Gasteiger partial charge < -0.3 is 24.6 Å². The fraction of sp³-hybridized carbons (Fsp3) is 0.825. The fourth-order valence-electron chi connectivity index (χ4n) is 8.05. The minimum atomic E-state index is -4.65. The molecule has 398 valence electrons. The third kappa shape index (κ3) is 50.3. The highest BCUT2D eigenvalue weighted by Crippen LogP contribution is 2.43. The molecule has 0 bridgehead atoms. The second-order valence-corrected chi connectivity index (χ2v) is 20.4. The normalized spacial score (nSPS) is 13.9. The van der Waals surface area contributed by atoms with Gasteiger partial charge >= 0.3 is 19.8 Å². The van der Waals surface area contributed by atoms with Gasteiger partial charge in [-0.15, -0.1) is 0 Å². The summed E-state index contributed by atoms with van der Waals surface area (Å²) >= 11 is 0.